The molecule has 2 heterocycles. The van der Waals surface area contributed by atoms with E-state index in [-0.39, 0.29) is 18.0 Å². The highest BCUT2D eigenvalue weighted by molar-refractivity contribution is 8.13. The number of nitrogens with one attached hydrogen (secondary N) is 2. The lowest BCUT2D eigenvalue weighted by Gasteiger charge is -2.40. The van der Waals surface area contributed by atoms with E-state index in [1.54, 1.807) is 44.0 Å². The van der Waals surface area contributed by atoms with Gasteiger partial charge in [-0.3, -0.25) is 0 Å². The number of hydrogen-bond donors (Lipinski definition) is 2. The number of thioether (sulfide) groups is 1. The molecule has 178 valence electrons. The number of carbonyl (C=O) groups is 2. The molecule has 0 spiro atoms. The highest BCUT2D eigenvalue weighted by Crippen LogP contribution is 2.40. The lowest BCUT2D eigenvalue weighted by Crippen LogP contribution is -2.42. The number of ether oxygens (including phenoxy) is 2. The Kier molecular flexibility index (Phi) is 7.42. The van der Waals surface area contributed by atoms with E-state index in [2.05, 4.69) is 20.5 Å². The number of carbonyl (C=O) groups excluding carboxylic acids is 2. The van der Waals surface area contributed by atoms with Crippen molar-refractivity contribution in [3.63, 3.8) is 0 Å². The zero-order valence-corrected chi connectivity index (χ0v) is 20.3. The quantitative estimate of drug-likeness (QED) is 0.564. The van der Waals surface area contributed by atoms with Crippen molar-refractivity contribution in [2.45, 2.75) is 26.3 Å². The maximum absolute atomic E-state index is 12.8. The smallest absolute Gasteiger partial charge is 0.338 e. The summed E-state index contributed by atoms with van der Waals surface area (Å²) in [5.74, 6) is 1.33. The molecular weight excluding hydrogens is 452 g/mol. The molecule has 0 bridgehead atoms. The summed E-state index contributed by atoms with van der Waals surface area (Å²) in [6.07, 6.45) is 1.01. The first-order chi connectivity index (χ1) is 16.5. The molecule has 2 N–H and O–H groups in total. The van der Waals surface area contributed by atoms with Gasteiger partial charge in [0.05, 0.1) is 31.0 Å². The number of esters is 1. The van der Waals surface area contributed by atoms with Crippen LogP contribution in [0.3, 0.4) is 0 Å². The highest BCUT2D eigenvalue weighted by Gasteiger charge is 2.37. The van der Waals surface area contributed by atoms with Gasteiger partial charge in [-0.1, -0.05) is 30.0 Å². The van der Waals surface area contributed by atoms with Crippen LogP contribution in [-0.2, 0) is 9.53 Å². The topological polar surface area (TPSA) is 92.3 Å². The van der Waals surface area contributed by atoms with E-state index in [0.717, 1.165) is 29.4 Å². The minimum absolute atomic E-state index is 0.279. The van der Waals surface area contributed by atoms with Crippen LogP contribution in [0.5, 0.6) is 5.75 Å². The van der Waals surface area contributed by atoms with E-state index in [9.17, 15) is 9.59 Å². The third-order valence-corrected chi connectivity index (χ3v) is 6.64. The first-order valence-corrected chi connectivity index (χ1v) is 12.2. The SMILES string of the molecule is CCOC(=O)C1=C(C)N=C2SCCCN2C1c1ccc(NC(=O)Nc2cccc(OC)c2)cc1. The maximum Gasteiger partial charge on any atom is 0.338 e. The van der Waals surface area contributed by atoms with Gasteiger partial charge in [0.2, 0.25) is 0 Å². The van der Waals surface area contributed by atoms with Gasteiger partial charge in [0, 0.05) is 29.7 Å². The average molecular weight is 481 g/mol. The number of hydrogen-bond acceptors (Lipinski definition) is 7. The van der Waals surface area contributed by atoms with Gasteiger partial charge in [0.25, 0.3) is 0 Å². The minimum atomic E-state index is -0.358. The molecule has 1 saturated heterocycles. The second-order valence-electron chi connectivity index (χ2n) is 7.84. The molecule has 0 saturated carbocycles. The van der Waals surface area contributed by atoms with Crippen LogP contribution in [0.15, 0.2) is 64.8 Å². The molecule has 1 fully saturated rings. The molecule has 1 unspecified atom stereocenters. The highest BCUT2D eigenvalue weighted by atomic mass is 32.2. The molecule has 2 aromatic carbocycles. The van der Waals surface area contributed by atoms with E-state index in [1.165, 1.54) is 0 Å². The van der Waals surface area contributed by atoms with Crippen molar-refractivity contribution in [1.29, 1.82) is 0 Å². The van der Waals surface area contributed by atoms with Gasteiger partial charge in [-0.25, -0.2) is 14.6 Å². The third-order valence-electron chi connectivity index (χ3n) is 5.57. The summed E-state index contributed by atoms with van der Waals surface area (Å²) >= 11 is 1.71. The predicted octanol–water partition coefficient (Wildman–Crippen LogP) is 5.03. The van der Waals surface area contributed by atoms with Crippen LogP contribution < -0.4 is 15.4 Å². The number of rotatable bonds is 6. The van der Waals surface area contributed by atoms with Gasteiger partial charge in [-0.15, -0.1) is 0 Å². The second kappa shape index (κ2) is 10.6. The van der Waals surface area contributed by atoms with E-state index in [0.29, 0.717) is 35.0 Å². The Hall–Kier alpha value is -3.46. The lowest BCUT2D eigenvalue weighted by atomic mass is 9.94. The molecule has 8 nitrogen and oxygen atoms in total. The Morgan fingerprint density at radius 2 is 1.91 bits per heavy atom. The predicted molar refractivity (Wildman–Crippen MR) is 135 cm³/mol. The second-order valence-corrected chi connectivity index (χ2v) is 8.91. The van der Waals surface area contributed by atoms with Gasteiger partial charge in [0.1, 0.15) is 5.75 Å². The van der Waals surface area contributed by atoms with Crippen LogP contribution >= 0.6 is 11.8 Å². The van der Waals surface area contributed by atoms with Crippen LogP contribution in [0.4, 0.5) is 16.2 Å². The normalized spacial score (nSPS) is 17.4. The summed E-state index contributed by atoms with van der Waals surface area (Å²) < 4.78 is 10.5. The molecule has 2 aliphatic rings. The van der Waals surface area contributed by atoms with Gasteiger partial charge in [-0.2, -0.15) is 0 Å². The summed E-state index contributed by atoms with van der Waals surface area (Å²) in [5, 5.41) is 6.57. The fourth-order valence-electron chi connectivity index (χ4n) is 4.03. The van der Waals surface area contributed by atoms with Gasteiger partial charge < -0.3 is 25.0 Å². The van der Waals surface area contributed by atoms with Gasteiger partial charge in [0.15, 0.2) is 5.17 Å². The Labute approximate surface area is 203 Å². The zero-order valence-electron chi connectivity index (χ0n) is 19.5. The van der Waals surface area contributed by atoms with Crippen molar-refractivity contribution in [1.82, 2.24) is 4.90 Å². The third kappa shape index (κ3) is 5.20. The monoisotopic (exact) mass is 480 g/mol. The molecule has 1 atom stereocenters. The molecule has 2 aromatic rings. The summed E-state index contributed by atoms with van der Waals surface area (Å²) in [5.41, 5.74) is 3.45. The van der Waals surface area contributed by atoms with E-state index in [1.807, 2.05) is 37.3 Å². The number of allylic oxidation sites excluding steroid dienone is 1. The number of anilines is 2. The fraction of sp³-hybridized carbons (Fsp3) is 0.320. The summed E-state index contributed by atoms with van der Waals surface area (Å²) in [7, 11) is 1.58. The number of urea groups is 1. The van der Waals surface area contributed by atoms with Crippen molar-refractivity contribution < 1.29 is 19.1 Å². The Morgan fingerprint density at radius 1 is 1.15 bits per heavy atom. The number of benzene rings is 2. The summed E-state index contributed by atoms with van der Waals surface area (Å²) in [6, 6.07) is 14.0. The number of fused-ring (bicyclic) bond motifs is 1. The standard InChI is InChI=1S/C25H28N4O4S/c1-4-33-23(30)21-16(2)26-25-29(13-6-14-34-25)22(21)17-9-11-18(12-10-17)27-24(31)28-19-7-5-8-20(15-19)32-3/h5,7-12,15,22H,4,6,13-14H2,1-3H3,(H2,27,28,31). The fourth-order valence-corrected chi connectivity index (χ4v) is 5.05. The van der Waals surface area contributed by atoms with Crippen LogP contribution in [0, 0.1) is 0 Å². The molecule has 0 radical (unpaired) electrons. The van der Waals surface area contributed by atoms with Crippen molar-refractivity contribution in [3.05, 3.63) is 65.4 Å². The first kappa shape index (κ1) is 23.7. The van der Waals surface area contributed by atoms with Crippen molar-refractivity contribution in [3.8, 4) is 5.75 Å². The largest absolute Gasteiger partial charge is 0.497 e. The average Bonchev–Trinajstić information content (AvgIpc) is 2.84. The van der Waals surface area contributed by atoms with Crippen LogP contribution in [-0.4, -0.2) is 48.1 Å². The molecule has 34 heavy (non-hydrogen) atoms. The van der Waals surface area contributed by atoms with Crippen LogP contribution in [0.2, 0.25) is 0 Å². The van der Waals surface area contributed by atoms with E-state index >= 15 is 0 Å². The number of amidine groups is 1. The summed E-state index contributed by atoms with van der Waals surface area (Å²) in [4.78, 5) is 32.2. The summed E-state index contributed by atoms with van der Waals surface area (Å²) in [6.45, 7) is 4.78. The number of nitrogens with zero attached hydrogens (tertiary/aromatic N) is 2. The maximum atomic E-state index is 12.8. The molecule has 2 amide bonds. The number of methoxy groups -OCH3 is 1. The minimum Gasteiger partial charge on any atom is -0.497 e. The van der Waals surface area contributed by atoms with Crippen molar-refractivity contribution in [2.75, 3.05) is 36.6 Å². The van der Waals surface area contributed by atoms with Crippen molar-refractivity contribution >= 4 is 40.3 Å². The molecule has 0 aliphatic carbocycles. The molecule has 2 aliphatic heterocycles. The van der Waals surface area contributed by atoms with Crippen LogP contribution in [0.1, 0.15) is 31.9 Å². The molecular formula is C25H28N4O4S. The Balaban J connectivity index is 1.53. The molecule has 0 aromatic heterocycles. The van der Waals surface area contributed by atoms with Gasteiger partial charge in [-0.05, 0) is 50.1 Å². The Morgan fingerprint density at radius 3 is 2.65 bits per heavy atom. The molecule has 4 rings (SSSR count). The lowest BCUT2D eigenvalue weighted by molar-refractivity contribution is -0.139. The zero-order chi connectivity index (χ0) is 24.1. The van der Waals surface area contributed by atoms with Gasteiger partial charge >= 0.3 is 12.0 Å². The first-order valence-electron chi connectivity index (χ1n) is 11.2. The Bertz CT molecular complexity index is 1130. The van der Waals surface area contributed by atoms with E-state index in [4.69, 9.17) is 9.47 Å². The number of aliphatic imine (C=N–C) groups is 1. The number of amides is 2. The van der Waals surface area contributed by atoms with Crippen LogP contribution in [0.25, 0.3) is 0 Å². The van der Waals surface area contributed by atoms with E-state index < -0.39 is 0 Å². The van der Waals surface area contributed by atoms with Crippen molar-refractivity contribution in [2.24, 2.45) is 4.99 Å². The molecule has 9 heteroatoms.